The van der Waals surface area contributed by atoms with Crippen molar-refractivity contribution in [1.82, 2.24) is 9.78 Å². The Morgan fingerprint density at radius 2 is 2.11 bits per heavy atom. The summed E-state index contributed by atoms with van der Waals surface area (Å²) in [7, 11) is 1.81. The number of rotatable bonds is 3. The molecule has 1 fully saturated rings. The first-order chi connectivity index (χ1) is 8.47. The highest BCUT2D eigenvalue weighted by atomic mass is 16.4. The maximum atomic E-state index is 12.0. The summed E-state index contributed by atoms with van der Waals surface area (Å²) in [5.74, 6) is -1.01. The molecule has 1 aliphatic carbocycles. The highest BCUT2D eigenvalue weighted by Crippen LogP contribution is 2.31. The van der Waals surface area contributed by atoms with E-state index in [1.807, 2.05) is 6.92 Å². The van der Waals surface area contributed by atoms with Crippen molar-refractivity contribution in [1.29, 1.82) is 0 Å². The maximum Gasteiger partial charge on any atom is 0.306 e. The number of nitrogens with zero attached hydrogens (tertiary/aromatic N) is 2. The fraction of sp³-hybridized carbons (Fsp3) is 0.583. The molecule has 1 heterocycles. The van der Waals surface area contributed by atoms with Crippen molar-refractivity contribution >= 4 is 17.7 Å². The molecule has 1 aliphatic rings. The molecule has 0 unspecified atom stereocenters. The molecule has 0 aromatic carbocycles. The number of carboxylic acids is 1. The molecular weight excluding hydrogens is 234 g/mol. The Kier molecular flexibility index (Phi) is 3.36. The van der Waals surface area contributed by atoms with Crippen molar-refractivity contribution in [2.24, 2.45) is 18.9 Å². The minimum absolute atomic E-state index is 0.128. The Morgan fingerprint density at radius 1 is 1.44 bits per heavy atom. The van der Waals surface area contributed by atoms with Crippen molar-refractivity contribution in [3.8, 4) is 0 Å². The molecule has 0 spiro atoms. The zero-order chi connectivity index (χ0) is 13.3. The Balaban J connectivity index is 1.95. The molecule has 0 radical (unpaired) electrons. The fourth-order valence-corrected chi connectivity index (χ4v) is 2.29. The third kappa shape index (κ3) is 2.52. The van der Waals surface area contributed by atoms with Gasteiger partial charge in [-0.3, -0.25) is 14.3 Å². The minimum Gasteiger partial charge on any atom is -0.481 e. The summed E-state index contributed by atoms with van der Waals surface area (Å²) >= 11 is 0. The van der Waals surface area contributed by atoms with E-state index < -0.39 is 5.97 Å². The van der Waals surface area contributed by atoms with E-state index in [2.05, 4.69) is 10.4 Å². The van der Waals surface area contributed by atoms with Crippen LogP contribution in [0.4, 0.5) is 5.82 Å². The molecule has 98 valence electrons. The number of anilines is 1. The lowest BCUT2D eigenvalue weighted by Gasteiger charge is -2.08. The van der Waals surface area contributed by atoms with Crippen LogP contribution in [-0.2, 0) is 16.6 Å². The van der Waals surface area contributed by atoms with E-state index >= 15 is 0 Å². The van der Waals surface area contributed by atoms with Crippen LogP contribution < -0.4 is 5.32 Å². The largest absolute Gasteiger partial charge is 0.481 e. The minimum atomic E-state index is -0.806. The van der Waals surface area contributed by atoms with Crippen molar-refractivity contribution in [3.05, 3.63) is 11.8 Å². The van der Waals surface area contributed by atoms with Crippen LogP contribution in [0.1, 0.15) is 25.0 Å². The molecule has 18 heavy (non-hydrogen) atoms. The monoisotopic (exact) mass is 251 g/mol. The van der Waals surface area contributed by atoms with Crippen LogP contribution in [0.3, 0.4) is 0 Å². The predicted molar refractivity (Wildman–Crippen MR) is 65.0 cm³/mol. The first-order valence-corrected chi connectivity index (χ1v) is 6.01. The highest BCUT2D eigenvalue weighted by Gasteiger charge is 2.33. The first kappa shape index (κ1) is 12.6. The zero-order valence-electron chi connectivity index (χ0n) is 10.5. The van der Waals surface area contributed by atoms with Crippen molar-refractivity contribution in [2.75, 3.05) is 5.32 Å². The number of carboxylic acid groups (broad SMARTS) is 1. The first-order valence-electron chi connectivity index (χ1n) is 6.01. The van der Waals surface area contributed by atoms with Gasteiger partial charge in [0.1, 0.15) is 0 Å². The third-order valence-electron chi connectivity index (χ3n) is 3.52. The fourth-order valence-electron chi connectivity index (χ4n) is 2.29. The van der Waals surface area contributed by atoms with Gasteiger partial charge in [0.05, 0.1) is 5.92 Å². The Labute approximate surface area is 105 Å². The molecule has 2 N–H and O–H groups in total. The van der Waals surface area contributed by atoms with Crippen LogP contribution in [0, 0.1) is 18.8 Å². The molecule has 6 heteroatoms. The lowest BCUT2D eigenvalue weighted by atomic mass is 10.0. The summed E-state index contributed by atoms with van der Waals surface area (Å²) in [6.45, 7) is 1.90. The van der Waals surface area contributed by atoms with Gasteiger partial charge in [0, 0.05) is 24.7 Å². The van der Waals surface area contributed by atoms with Crippen LogP contribution in [0.5, 0.6) is 0 Å². The van der Waals surface area contributed by atoms with E-state index in [0.717, 1.165) is 5.69 Å². The Hall–Kier alpha value is -1.85. The number of carbonyl (C=O) groups excluding carboxylic acids is 1. The average molecular weight is 251 g/mol. The normalized spacial score (nSPS) is 23.0. The van der Waals surface area contributed by atoms with Gasteiger partial charge in [-0.1, -0.05) is 0 Å². The van der Waals surface area contributed by atoms with Crippen molar-refractivity contribution < 1.29 is 14.7 Å². The van der Waals surface area contributed by atoms with Gasteiger partial charge >= 0.3 is 5.97 Å². The number of carbonyl (C=O) groups is 2. The zero-order valence-corrected chi connectivity index (χ0v) is 10.5. The molecule has 0 aliphatic heterocycles. The number of amides is 1. The van der Waals surface area contributed by atoms with Crippen LogP contribution >= 0.6 is 0 Å². The molecule has 1 amide bonds. The average Bonchev–Trinajstić information content (AvgIpc) is 2.87. The van der Waals surface area contributed by atoms with Crippen molar-refractivity contribution in [3.63, 3.8) is 0 Å². The molecule has 0 saturated heterocycles. The van der Waals surface area contributed by atoms with Gasteiger partial charge in [-0.25, -0.2) is 0 Å². The van der Waals surface area contributed by atoms with Gasteiger partial charge in [0.15, 0.2) is 5.82 Å². The van der Waals surface area contributed by atoms with Crippen LogP contribution in [0.15, 0.2) is 6.07 Å². The van der Waals surface area contributed by atoms with E-state index in [-0.39, 0.29) is 17.7 Å². The van der Waals surface area contributed by atoms with E-state index in [9.17, 15) is 9.59 Å². The second kappa shape index (κ2) is 4.80. The number of hydrogen-bond donors (Lipinski definition) is 2. The van der Waals surface area contributed by atoms with Gasteiger partial charge in [-0.05, 0) is 26.2 Å². The van der Waals surface area contributed by atoms with E-state index in [0.29, 0.717) is 25.1 Å². The molecule has 2 rings (SSSR count). The smallest absolute Gasteiger partial charge is 0.306 e. The maximum absolute atomic E-state index is 12.0. The molecule has 1 aromatic heterocycles. The summed E-state index contributed by atoms with van der Waals surface area (Å²) in [4.78, 5) is 22.8. The van der Waals surface area contributed by atoms with Gasteiger partial charge in [-0.2, -0.15) is 5.10 Å². The van der Waals surface area contributed by atoms with Crippen LogP contribution in [0.25, 0.3) is 0 Å². The summed E-state index contributed by atoms with van der Waals surface area (Å²) in [6, 6.07) is 1.79. The second-order valence-electron chi connectivity index (χ2n) is 4.83. The molecule has 0 bridgehead atoms. The van der Waals surface area contributed by atoms with Crippen LogP contribution in [0.2, 0.25) is 0 Å². The lowest BCUT2D eigenvalue weighted by molar-refractivity contribution is -0.141. The van der Waals surface area contributed by atoms with Crippen molar-refractivity contribution in [2.45, 2.75) is 26.2 Å². The standard InChI is InChI=1S/C12H17N3O3/c1-7-5-10(14-15(7)2)13-11(16)8-3-4-9(6-8)12(17)18/h5,8-9H,3-4,6H2,1-2H3,(H,17,18)(H,13,14,16)/t8-,9+/m1/s1. The summed E-state index contributed by atoms with van der Waals surface area (Å²) < 4.78 is 1.68. The summed E-state index contributed by atoms with van der Waals surface area (Å²) in [5.41, 5.74) is 0.958. The van der Waals surface area contributed by atoms with E-state index in [1.54, 1.807) is 17.8 Å². The number of aryl methyl sites for hydroxylation is 2. The molecular formula is C12H17N3O3. The number of hydrogen-bond acceptors (Lipinski definition) is 3. The Bertz CT molecular complexity index is 461. The lowest BCUT2D eigenvalue weighted by Crippen LogP contribution is -2.22. The van der Waals surface area contributed by atoms with Crippen LogP contribution in [-0.4, -0.2) is 26.8 Å². The topological polar surface area (TPSA) is 84.2 Å². The van der Waals surface area contributed by atoms with Gasteiger partial charge < -0.3 is 10.4 Å². The number of aromatic nitrogens is 2. The van der Waals surface area contributed by atoms with Gasteiger partial charge in [0.25, 0.3) is 0 Å². The van der Waals surface area contributed by atoms with E-state index in [1.165, 1.54) is 0 Å². The molecule has 1 saturated carbocycles. The predicted octanol–water partition coefficient (Wildman–Crippen LogP) is 1.17. The quantitative estimate of drug-likeness (QED) is 0.844. The summed E-state index contributed by atoms with van der Waals surface area (Å²) in [5, 5.41) is 15.8. The molecule has 2 atom stereocenters. The van der Waals surface area contributed by atoms with E-state index in [4.69, 9.17) is 5.11 Å². The highest BCUT2D eigenvalue weighted by molar-refractivity contribution is 5.92. The number of nitrogens with one attached hydrogen (secondary N) is 1. The number of aliphatic carboxylic acids is 1. The summed E-state index contributed by atoms with van der Waals surface area (Å²) in [6.07, 6.45) is 1.64. The molecule has 1 aromatic rings. The van der Waals surface area contributed by atoms with Gasteiger partial charge in [0.2, 0.25) is 5.91 Å². The Morgan fingerprint density at radius 3 is 2.61 bits per heavy atom. The second-order valence-corrected chi connectivity index (χ2v) is 4.83. The third-order valence-corrected chi connectivity index (χ3v) is 3.52. The SMILES string of the molecule is Cc1cc(NC(=O)[C@@H]2CC[C@H](C(=O)O)C2)nn1C. The van der Waals surface area contributed by atoms with Gasteiger partial charge in [-0.15, -0.1) is 0 Å². The molecule has 6 nitrogen and oxygen atoms in total.